The molecule has 0 atom stereocenters. The first kappa shape index (κ1) is 21.8. The fraction of sp³-hybridized carbons (Fsp3) is 0.381. The molecular weight excluding hydrogens is 495 g/mol. The fourth-order valence-electron chi connectivity index (χ4n) is 3.53. The molecule has 0 unspecified atom stereocenters. The highest BCUT2D eigenvalue weighted by molar-refractivity contribution is 14.0. The van der Waals surface area contributed by atoms with Crippen molar-refractivity contribution in [2.45, 2.75) is 39.4 Å². The van der Waals surface area contributed by atoms with Crippen LogP contribution < -0.4 is 5.32 Å². The van der Waals surface area contributed by atoms with Gasteiger partial charge in [0.1, 0.15) is 12.2 Å². The van der Waals surface area contributed by atoms with Crippen molar-refractivity contribution >= 4 is 41.3 Å². The van der Waals surface area contributed by atoms with Gasteiger partial charge >= 0.3 is 0 Å². The lowest BCUT2D eigenvalue weighted by molar-refractivity contribution is 0.376. The Morgan fingerprint density at radius 2 is 2.07 bits per heavy atom. The summed E-state index contributed by atoms with van der Waals surface area (Å²) in [5.41, 5.74) is 2.85. The van der Waals surface area contributed by atoms with Crippen LogP contribution in [0.4, 0.5) is 0 Å². The van der Waals surface area contributed by atoms with Gasteiger partial charge in [-0.15, -0.1) is 45.5 Å². The summed E-state index contributed by atoms with van der Waals surface area (Å²) in [6, 6.07) is 12.9. The predicted octanol–water partition coefficient (Wildman–Crippen LogP) is 3.72. The average Bonchev–Trinajstić information content (AvgIpc) is 3.42. The number of rotatable bonds is 6. The summed E-state index contributed by atoms with van der Waals surface area (Å²) >= 11 is 1.75. The van der Waals surface area contributed by atoms with Crippen molar-refractivity contribution in [3.8, 4) is 0 Å². The van der Waals surface area contributed by atoms with Crippen molar-refractivity contribution in [3.05, 3.63) is 69.9 Å². The number of thiophene rings is 1. The van der Waals surface area contributed by atoms with Gasteiger partial charge in [-0.3, -0.25) is 0 Å². The molecule has 0 saturated carbocycles. The molecule has 1 N–H and O–H groups in total. The Bertz CT molecular complexity index is 921. The van der Waals surface area contributed by atoms with Gasteiger partial charge in [0.25, 0.3) is 0 Å². The van der Waals surface area contributed by atoms with E-state index in [1.165, 1.54) is 16.0 Å². The summed E-state index contributed by atoms with van der Waals surface area (Å²) in [6.45, 7) is 6.34. The Hall–Kier alpha value is -1.94. The first-order valence-corrected chi connectivity index (χ1v) is 10.7. The van der Waals surface area contributed by atoms with Crippen molar-refractivity contribution in [1.29, 1.82) is 0 Å². The van der Waals surface area contributed by atoms with E-state index < -0.39 is 0 Å². The van der Waals surface area contributed by atoms with E-state index in [1.54, 1.807) is 17.7 Å². The molecule has 4 rings (SSSR count). The molecule has 0 aliphatic carbocycles. The third kappa shape index (κ3) is 5.57. The van der Waals surface area contributed by atoms with Crippen LogP contribution in [0.3, 0.4) is 0 Å². The monoisotopic (exact) mass is 522 g/mol. The third-order valence-electron chi connectivity index (χ3n) is 5.04. The molecule has 1 aliphatic rings. The maximum atomic E-state index is 4.93. The number of halogens is 1. The minimum Gasteiger partial charge on any atom is -0.354 e. The summed E-state index contributed by atoms with van der Waals surface area (Å²) in [4.78, 5) is 8.57. The van der Waals surface area contributed by atoms with E-state index in [0.717, 1.165) is 50.8 Å². The first-order valence-electron chi connectivity index (χ1n) is 9.82. The predicted molar refractivity (Wildman–Crippen MR) is 129 cm³/mol. The molecule has 0 amide bonds. The Balaban J connectivity index is 0.00000240. The Kier molecular flexibility index (Phi) is 8.05. The quantitative estimate of drug-likeness (QED) is 0.305. The number of aromatic nitrogens is 3. The zero-order valence-electron chi connectivity index (χ0n) is 16.6. The molecule has 0 saturated heterocycles. The number of guanidine groups is 1. The summed E-state index contributed by atoms with van der Waals surface area (Å²) in [6.07, 6.45) is 3.75. The van der Waals surface area contributed by atoms with Gasteiger partial charge in [0.2, 0.25) is 0 Å². The maximum Gasteiger partial charge on any atom is 0.194 e. The number of benzene rings is 1. The number of hydrogen-bond acceptors (Lipinski definition) is 4. The number of hydrogen-bond donors (Lipinski definition) is 1. The van der Waals surface area contributed by atoms with Crippen molar-refractivity contribution in [2.75, 3.05) is 13.1 Å². The van der Waals surface area contributed by atoms with Crippen LogP contribution in [0, 0.1) is 0 Å². The van der Waals surface area contributed by atoms with Crippen LogP contribution >= 0.6 is 35.3 Å². The van der Waals surface area contributed by atoms with Gasteiger partial charge in [-0.25, -0.2) is 4.99 Å². The van der Waals surface area contributed by atoms with Crippen molar-refractivity contribution in [1.82, 2.24) is 25.0 Å². The molecule has 1 aliphatic heterocycles. The van der Waals surface area contributed by atoms with Gasteiger partial charge in [0, 0.05) is 37.5 Å². The topological polar surface area (TPSA) is 58.3 Å². The van der Waals surface area contributed by atoms with E-state index >= 15 is 0 Å². The molecule has 0 spiro atoms. The molecular formula is C21H27IN6S. The molecule has 2 aromatic heterocycles. The lowest BCUT2D eigenvalue weighted by Gasteiger charge is -2.32. The van der Waals surface area contributed by atoms with E-state index in [4.69, 9.17) is 4.99 Å². The van der Waals surface area contributed by atoms with Crippen LogP contribution in [-0.2, 0) is 32.5 Å². The van der Waals surface area contributed by atoms with E-state index in [-0.39, 0.29) is 24.0 Å². The van der Waals surface area contributed by atoms with Crippen LogP contribution in [0.2, 0.25) is 0 Å². The average molecular weight is 522 g/mol. The van der Waals surface area contributed by atoms with Gasteiger partial charge in [-0.05, 0) is 29.0 Å². The second-order valence-corrected chi connectivity index (χ2v) is 7.91. The molecule has 6 nitrogen and oxygen atoms in total. The SMILES string of the molecule is CCc1nncn1CCNC(=NCc1cccs1)N1CCc2ccccc2C1.I. The largest absolute Gasteiger partial charge is 0.354 e. The molecule has 29 heavy (non-hydrogen) atoms. The third-order valence-corrected chi connectivity index (χ3v) is 5.90. The van der Waals surface area contributed by atoms with Crippen LogP contribution in [0.1, 0.15) is 28.8 Å². The number of aliphatic imine (C=N–C) groups is 1. The fourth-order valence-corrected chi connectivity index (χ4v) is 4.16. The first-order chi connectivity index (χ1) is 13.8. The molecule has 1 aromatic carbocycles. The summed E-state index contributed by atoms with van der Waals surface area (Å²) in [5.74, 6) is 2.00. The number of aryl methyl sites for hydroxylation is 1. The minimum absolute atomic E-state index is 0. The lowest BCUT2D eigenvalue weighted by Crippen LogP contribution is -2.45. The van der Waals surface area contributed by atoms with Gasteiger partial charge in [0.05, 0.1) is 6.54 Å². The van der Waals surface area contributed by atoms with E-state index in [1.807, 2.05) is 0 Å². The van der Waals surface area contributed by atoms with Crippen LogP contribution in [0.15, 0.2) is 53.1 Å². The number of fused-ring (bicyclic) bond motifs is 1. The molecule has 0 fully saturated rings. The number of nitrogens with one attached hydrogen (secondary N) is 1. The molecule has 154 valence electrons. The zero-order valence-corrected chi connectivity index (χ0v) is 19.8. The molecule has 0 bridgehead atoms. The van der Waals surface area contributed by atoms with Crippen molar-refractivity contribution < 1.29 is 0 Å². The second-order valence-electron chi connectivity index (χ2n) is 6.88. The van der Waals surface area contributed by atoms with Crippen LogP contribution in [0.5, 0.6) is 0 Å². The van der Waals surface area contributed by atoms with Crippen LogP contribution in [-0.4, -0.2) is 38.7 Å². The van der Waals surface area contributed by atoms with Crippen molar-refractivity contribution in [2.24, 2.45) is 4.99 Å². The highest BCUT2D eigenvalue weighted by Crippen LogP contribution is 2.19. The second kappa shape index (κ2) is 10.7. The number of nitrogens with zero attached hydrogens (tertiary/aromatic N) is 5. The maximum absolute atomic E-state index is 4.93. The summed E-state index contributed by atoms with van der Waals surface area (Å²) in [7, 11) is 0. The molecule has 3 heterocycles. The Morgan fingerprint density at radius 3 is 2.86 bits per heavy atom. The molecule has 3 aromatic rings. The van der Waals surface area contributed by atoms with Gasteiger partial charge in [-0.2, -0.15) is 0 Å². The van der Waals surface area contributed by atoms with E-state index in [9.17, 15) is 0 Å². The molecule has 0 radical (unpaired) electrons. The molecule has 8 heteroatoms. The summed E-state index contributed by atoms with van der Waals surface area (Å²) < 4.78 is 2.11. The van der Waals surface area contributed by atoms with Gasteiger partial charge in [0.15, 0.2) is 5.96 Å². The lowest BCUT2D eigenvalue weighted by atomic mass is 10.0. The van der Waals surface area contributed by atoms with Gasteiger partial charge < -0.3 is 14.8 Å². The Morgan fingerprint density at radius 1 is 1.21 bits per heavy atom. The minimum atomic E-state index is 0. The Labute approximate surface area is 193 Å². The highest BCUT2D eigenvalue weighted by atomic mass is 127. The van der Waals surface area contributed by atoms with Gasteiger partial charge in [-0.1, -0.05) is 37.3 Å². The smallest absolute Gasteiger partial charge is 0.194 e. The van der Waals surface area contributed by atoms with Crippen molar-refractivity contribution in [3.63, 3.8) is 0 Å². The highest BCUT2D eigenvalue weighted by Gasteiger charge is 2.19. The van der Waals surface area contributed by atoms with E-state index in [0.29, 0.717) is 6.54 Å². The zero-order chi connectivity index (χ0) is 19.2. The van der Waals surface area contributed by atoms with Crippen LogP contribution in [0.25, 0.3) is 0 Å². The summed E-state index contributed by atoms with van der Waals surface area (Å²) in [5, 5.41) is 13.9. The van der Waals surface area contributed by atoms with E-state index in [2.05, 4.69) is 73.7 Å². The standard InChI is InChI=1S/C21H26N6S.HI/c1-2-20-25-24-16-27(20)12-10-22-21(23-14-19-8-5-13-28-19)26-11-9-17-6-3-4-7-18(17)15-26;/h3-8,13,16H,2,9-12,14-15H2,1H3,(H,22,23);1H. The normalized spacial score (nSPS) is 13.7.